The van der Waals surface area contributed by atoms with Gasteiger partial charge < -0.3 is 10.5 Å². The molecule has 1 aliphatic heterocycles. The predicted molar refractivity (Wildman–Crippen MR) is 78.5 cm³/mol. The van der Waals surface area contributed by atoms with Crippen LogP contribution in [-0.4, -0.2) is 5.60 Å². The average molecular weight is 259 g/mol. The van der Waals surface area contributed by atoms with Crippen LogP contribution in [-0.2, 0) is 5.54 Å². The van der Waals surface area contributed by atoms with Gasteiger partial charge in [-0.1, -0.05) is 24.1 Å². The summed E-state index contributed by atoms with van der Waals surface area (Å²) in [5, 5.41) is 0. The van der Waals surface area contributed by atoms with Gasteiger partial charge >= 0.3 is 0 Å². The van der Waals surface area contributed by atoms with Crippen molar-refractivity contribution in [3.05, 3.63) is 28.8 Å². The lowest BCUT2D eigenvalue weighted by atomic mass is 9.71. The van der Waals surface area contributed by atoms with Crippen LogP contribution in [0.2, 0.25) is 0 Å². The van der Waals surface area contributed by atoms with Gasteiger partial charge in [0, 0.05) is 17.5 Å². The van der Waals surface area contributed by atoms with Gasteiger partial charge in [0.15, 0.2) is 0 Å². The van der Waals surface area contributed by atoms with Gasteiger partial charge in [-0.2, -0.15) is 0 Å². The molecule has 104 valence electrons. The minimum absolute atomic E-state index is 0.00519. The second-order valence-electron chi connectivity index (χ2n) is 6.90. The normalized spacial score (nSPS) is 28.8. The van der Waals surface area contributed by atoms with Gasteiger partial charge in [-0.15, -0.1) is 0 Å². The Morgan fingerprint density at radius 2 is 1.79 bits per heavy atom. The highest BCUT2D eigenvalue weighted by Crippen LogP contribution is 2.49. The lowest BCUT2D eigenvalue weighted by Gasteiger charge is -2.48. The molecule has 0 saturated heterocycles. The van der Waals surface area contributed by atoms with Crippen LogP contribution in [0.1, 0.15) is 62.1 Å². The highest BCUT2D eigenvalue weighted by molar-refractivity contribution is 5.49. The lowest BCUT2D eigenvalue weighted by Crippen LogP contribution is -2.52. The summed E-state index contributed by atoms with van der Waals surface area (Å²) in [5.74, 6) is 1.06. The smallest absolute Gasteiger partial charge is 0.128 e. The largest absolute Gasteiger partial charge is 0.487 e. The molecule has 1 spiro atoms. The first-order valence-corrected chi connectivity index (χ1v) is 7.52. The number of rotatable bonds is 0. The molecule has 0 aromatic heterocycles. The van der Waals surface area contributed by atoms with E-state index in [1.54, 1.807) is 0 Å². The van der Waals surface area contributed by atoms with Crippen molar-refractivity contribution < 1.29 is 4.74 Å². The molecular weight excluding hydrogens is 234 g/mol. The topological polar surface area (TPSA) is 35.2 Å². The van der Waals surface area contributed by atoms with Crippen molar-refractivity contribution in [2.45, 2.75) is 70.4 Å². The maximum absolute atomic E-state index is 6.65. The molecule has 19 heavy (non-hydrogen) atoms. The van der Waals surface area contributed by atoms with E-state index in [0.717, 1.165) is 25.0 Å². The Kier molecular flexibility index (Phi) is 2.90. The first kappa shape index (κ1) is 13.0. The molecular formula is C17H25NO. The van der Waals surface area contributed by atoms with Crippen LogP contribution >= 0.6 is 0 Å². The average Bonchev–Trinajstić information content (AvgIpc) is 2.31. The third-order valence-corrected chi connectivity index (χ3v) is 4.81. The molecule has 1 aromatic rings. The third kappa shape index (κ3) is 2.16. The fraction of sp³-hybridized carbons (Fsp3) is 0.647. The Hall–Kier alpha value is -1.02. The Morgan fingerprint density at radius 1 is 1.11 bits per heavy atom. The Balaban J connectivity index is 2.08. The van der Waals surface area contributed by atoms with E-state index in [-0.39, 0.29) is 11.1 Å². The second-order valence-corrected chi connectivity index (χ2v) is 6.90. The molecule has 2 aliphatic rings. The summed E-state index contributed by atoms with van der Waals surface area (Å²) in [6, 6.07) is 4.41. The summed E-state index contributed by atoms with van der Waals surface area (Å²) in [4.78, 5) is 0. The summed E-state index contributed by atoms with van der Waals surface area (Å²) in [5.41, 5.74) is 10.1. The van der Waals surface area contributed by atoms with Gasteiger partial charge in [0.1, 0.15) is 11.4 Å². The Bertz CT molecular complexity index is 498. The van der Waals surface area contributed by atoms with Crippen molar-refractivity contribution in [3.63, 3.8) is 0 Å². The van der Waals surface area contributed by atoms with E-state index in [4.69, 9.17) is 10.5 Å². The molecule has 1 saturated carbocycles. The van der Waals surface area contributed by atoms with E-state index >= 15 is 0 Å². The molecule has 1 heterocycles. The highest BCUT2D eigenvalue weighted by Gasteiger charge is 2.46. The minimum atomic E-state index is -0.262. The molecule has 2 heteroatoms. The van der Waals surface area contributed by atoms with Crippen molar-refractivity contribution in [2.75, 3.05) is 0 Å². The minimum Gasteiger partial charge on any atom is -0.487 e. The van der Waals surface area contributed by atoms with E-state index in [2.05, 4.69) is 32.9 Å². The molecule has 1 unspecified atom stereocenters. The first-order chi connectivity index (χ1) is 8.92. The summed E-state index contributed by atoms with van der Waals surface area (Å²) in [6.45, 7) is 6.45. The van der Waals surface area contributed by atoms with E-state index in [0.29, 0.717) is 0 Å². The molecule has 1 aromatic carbocycles. The quantitative estimate of drug-likeness (QED) is 0.765. The standard InChI is InChI=1S/C17H25NO/c1-12-9-13(2)15-14(10-12)16(3,18)11-17(19-15)7-5-4-6-8-17/h9-10H,4-8,11,18H2,1-3H3. The summed E-state index contributed by atoms with van der Waals surface area (Å²) >= 11 is 0. The van der Waals surface area contributed by atoms with Crippen LogP contribution in [0, 0.1) is 13.8 Å². The number of benzene rings is 1. The third-order valence-electron chi connectivity index (χ3n) is 4.81. The second kappa shape index (κ2) is 4.24. The summed E-state index contributed by atoms with van der Waals surface area (Å²) in [7, 11) is 0. The number of ether oxygens (including phenoxy) is 1. The number of nitrogens with two attached hydrogens (primary N) is 1. The van der Waals surface area contributed by atoms with E-state index < -0.39 is 0 Å². The van der Waals surface area contributed by atoms with Crippen LogP contribution in [0.3, 0.4) is 0 Å². The van der Waals surface area contributed by atoms with Crippen molar-refractivity contribution >= 4 is 0 Å². The maximum Gasteiger partial charge on any atom is 0.128 e. The van der Waals surface area contributed by atoms with E-state index in [9.17, 15) is 0 Å². The number of hydrogen-bond donors (Lipinski definition) is 1. The van der Waals surface area contributed by atoms with Crippen LogP contribution in [0.25, 0.3) is 0 Å². The summed E-state index contributed by atoms with van der Waals surface area (Å²) in [6.07, 6.45) is 7.16. The number of hydrogen-bond acceptors (Lipinski definition) is 2. The van der Waals surface area contributed by atoms with Crippen molar-refractivity contribution in [1.29, 1.82) is 0 Å². The zero-order valence-electron chi connectivity index (χ0n) is 12.4. The molecule has 2 nitrogen and oxygen atoms in total. The zero-order chi connectivity index (χ0) is 13.7. The van der Waals surface area contributed by atoms with Crippen molar-refractivity contribution in [2.24, 2.45) is 5.73 Å². The van der Waals surface area contributed by atoms with Crippen LogP contribution in [0.15, 0.2) is 12.1 Å². The molecule has 3 rings (SSSR count). The van der Waals surface area contributed by atoms with Crippen LogP contribution in [0.5, 0.6) is 5.75 Å². The molecule has 0 amide bonds. The molecule has 0 radical (unpaired) electrons. The summed E-state index contributed by atoms with van der Waals surface area (Å²) < 4.78 is 6.50. The van der Waals surface area contributed by atoms with Crippen molar-refractivity contribution in [3.8, 4) is 5.75 Å². The lowest BCUT2D eigenvalue weighted by molar-refractivity contribution is -0.0153. The number of aryl methyl sites for hydroxylation is 2. The Labute approximate surface area is 116 Å². The van der Waals surface area contributed by atoms with E-state index in [1.165, 1.54) is 36.0 Å². The van der Waals surface area contributed by atoms with Crippen molar-refractivity contribution in [1.82, 2.24) is 0 Å². The molecule has 1 fully saturated rings. The molecule has 1 atom stereocenters. The fourth-order valence-electron chi connectivity index (χ4n) is 4.01. The van der Waals surface area contributed by atoms with Gasteiger partial charge in [0.05, 0.1) is 0 Å². The highest BCUT2D eigenvalue weighted by atomic mass is 16.5. The Morgan fingerprint density at radius 3 is 2.47 bits per heavy atom. The van der Waals surface area contributed by atoms with Gasteiger partial charge in [-0.3, -0.25) is 0 Å². The molecule has 0 bridgehead atoms. The van der Waals surface area contributed by atoms with Gasteiger partial charge in [-0.25, -0.2) is 0 Å². The van der Waals surface area contributed by atoms with Crippen LogP contribution < -0.4 is 10.5 Å². The van der Waals surface area contributed by atoms with E-state index in [1.807, 2.05) is 0 Å². The van der Waals surface area contributed by atoms with Gasteiger partial charge in [0.25, 0.3) is 0 Å². The predicted octanol–water partition coefficient (Wildman–Crippen LogP) is 3.96. The first-order valence-electron chi connectivity index (χ1n) is 7.52. The molecule has 1 aliphatic carbocycles. The van der Waals surface area contributed by atoms with Crippen LogP contribution in [0.4, 0.5) is 0 Å². The van der Waals surface area contributed by atoms with Gasteiger partial charge in [-0.05, 0) is 52.0 Å². The number of fused-ring (bicyclic) bond motifs is 1. The zero-order valence-corrected chi connectivity index (χ0v) is 12.4. The fourth-order valence-corrected chi connectivity index (χ4v) is 4.01. The molecule has 2 N–H and O–H groups in total. The van der Waals surface area contributed by atoms with Gasteiger partial charge in [0.2, 0.25) is 0 Å². The maximum atomic E-state index is 6.65. The SMILES string of the molecule is Cc1cc(C)c2c(c1)C(C)(N)CC1(CCCCC1)O2. The monoisotopic (exact) mass is 259 g/mol.